The van der Waals surface area contributed by atoms with Crippen LogP contribution in [0.15, 0.2) is 37.1 Å². The molecule has 0 saturated heterocycles. The largest absolute Gasteiger partial charge is 0.508 e. The van der Waals surface area contributed by atoms with Crippen molar-refractivity contribution in [3.63, 3.8) is 0 Å². The lowest BCUT2D eigenvalue weighted by atomic mass is 10.2. The molecule has 0 aliphatic carbocycles. The number of nitrogen functional groups attached to an aromatic ring is 1. The van der Waals surface area contributed by atoms with Crippen LogP contribution in [0, 0.1) is 5.82 Å². The number of phenolic OH excluding ortho intramolecular Hbond substituents is 1. The minimum absolute atomic E-state index is 0.0979. The molecule has 0 aliphatic rings. The van der Waals surface area contributed by atoms with E-state index in [0.29, 0.717) is 11.4 Å². The van der Waals surface area contributed by atoms with Crippen molar-refractivity contribution in [2.75, 3.05) is 16.4 Å². The van der Waals surface area contributed by atoms with Gasteiger partial charge in [0.05, 0.1) is 6.20 Å². The van der Waals surface area contributed by atoms with Crippen LogP contribution in [0.1, 0.15) is 0 Å². The Labute approximate surface area is 119 Å². The second-order valence-corrected chi connectivity index (χ2v) is 4.01. The number of carbonyl (C=O) groups excluding carboxylic acids is 1. The minimum Gasteiger partial charge on any atom is -0.508 e. The fraction of sp³-hybridized carbons (Fsp3) is 0. The van der Waals surface area contributed by atoms with E-state index in [9.17, 15) is 14.3 Å². The molecule has 0 saturated carbocycles. The Hall–Kier alpha value is -3.16. The summed E-state index contributed by atoms with van der Waals surface area (Å²) in [5, 5.41) is 14.7. The number of benzene rings is 1. The van der Waals surface area contributed by atoms with Gasteiger partial charge in [-0.2, -0.15) is 4.98 Å². The van der Waals surface area contributed by atoms with Gasteiger partial charge in [-0.3, -0.25) is 4.79 Å². The summed E-state index contributed by atoms with van der Waals surface area (Å²) in [6.45, 7) is 3.32. The molecular formula is C13H12FN5O2. The predicted octanol–water partition coefficient (Wildman–Crippen LogP) is 1.77. The van der Waals surface area contributed by atoms with E-state index in [-0.39, 0.29) is 17.5 Å². The number of hydrogen-bond donors (Lipinski definition) is 4. The molecule has 0 bridgehead atoms. The number of nitrogens with two attached hydrogens (primary N) is 1. The van der Waals surface area contributed by atoms with Crippen molar-refractivity contribution < 1.29 is 14.3 Å². The van der Waals surface area contributed by atoms with Crippen LogP contribution in [0.3, 0.4) is 0 Å². The third-order valence-corrected chi connectivity index (χ3v) is 2.40. The van der Waals surface area contributed by atoms with Crippen LogP contribution in [-0.2, 0) is 4.79 Å². The highest BCUT2D eigenvalue weighted by molar-refractivity contribution is 5.99. The van der Waals surface area contributed by atoms with Crippen LogP contribution in [-0.4, -0.2) is 21.0 Å². The van der Waals surface area contributed by atoms with Gasteiger partial charge in [-0.05, 0) is 12.1 Å². The molecule has 7 nitrogen and oxygen atoms in total. The van der Waals surface area contributed by atoms with Gasteiger partial charge in [0.25, 0.3) is 0 Å². The van der Waals surface area contributed by atoms with Crippen molar-refractivity contribution >= 4 is 29.0 Å². The molecular weight excluding hydrogens is 277 g/mol. The van der Waals surface area contributed by atoms with E-state index in [4.69, 9.17) is 5.73 Å². The SMILES string of the molecule is C=CC(=O)Nc1cc(O)cc(Nc2nc(N)ncc2F)c1. The summed E-state index contributed by atoms with van der Waals surface area (Å²) in [6.07, 6.45) is 2.01. The first-order chi connectivity index (χ1) is 9.97. The molecule has 0 aliphatic heterocycles. The molecule has 108 valence electrons. The second-order valence-electron chi connectivity index (χ2n) is 4.01. The first-order valence-electron chi connectivity index (χ1n) is 5.80. The average Bonchev–Trinajstić information content (AvgIpc) is 2.42. The Balaban J connectivity index is 2.29. The molecule has 0 unspecified atom stereocenters. The van der Waals surface area contributed by atoms with Crippen molar-refractivity contribution in [3.8, 4) is 5.75 Å². The van der Waals surface area contributed by atoms with Crippen molar-refractivity contribution in [1.82, 2.24) is 9.97 Å². The van der Waals surface area contributed by atoms with Crippen molar-refractivity contribution in [2.45, 2.75) is 0 Å². The topological polar surface area (TPSA) is 113 Å². The number of aromatic nitrogens is 2. The third kappa shape index (κ3) is 3.66. The van der Waals surface area contributed by atoms with Gasteiger partial charge in [0.2, 0.25) is 11.9 Å². The van der Waals surface area contributed by atoms with Crippen LogP contribution in [0.5, 0.6) is 5.75 Å². The molecule has 0 spiro atoms. The molecule has 1 aromatic heterocycles. The smallest absolute Gasteiger partial charge is 0.247 e. The number of nitrogens with zero attached hydrogens (tertiary/aromatic N) is 2. The van der Waals surface area contributed by atoms with Gasteiger partial charge in [0.1, 0.15) is 5.75 Å². The van der Waals surface area contributed by atoms with Gasteiger partial charge in [0, 0.05) is 23.5 Å². The minimum atomic E-state index is -0.704. The Bertz CT molecular complexity index is 705. The van der Waals surface area contributed by atoms with Gasteiger partial charge in [0.15, 0.2) is 11.6 Å². The lowest BCUT2D eigenvalue weighted by molar-refractivity contribution is -0.111. The molecule has 0 fully saturated rings. The second kappa shape index (κ2) is 5.87. The number of aromatic hydroxyl groups is 1. The first kappa shape index (κ1) is 14.3. The van der Waals surface area contributed by atoms with E-state index in [1.165, 1.54) is 18.2 Å². The van der Waals surface area contributed by atoms with E-state index in [1.54, 1.807) is 0 Å². The molecule has 0 radical (unpaired) electrons. The highest BCUT2D eigenvalue weighted by Gasteiger charge is 2.08. The van der Waals surface area contributed by atoms with E-state index >= 15 is 0 Å². The van der Waals surface area contributed by atoms with E-state index in [1.807, 2.05) is 0 Å². The summed E-state index contributed by atoms with van der Waals surface area (Å²) < 4.78 is 13.5. The summed E-state index contributed by atoms with van der Waals surface area (Å²) in [6, 6.07) is 4.15. The molecule has 2 aromatic rings. The van der Waals surface area contributed by atoms with Crippen molar-refractivity contribution in [3.05, 3.63) is 42.9 Å². The average molecular weight is 289 g/mol. The van der Waals surface area contributed by atoms with Crippen LogP contribution in [0.4, 0.5) is 27.5 Å². The number of anilines is 4. The zero-order chi connectivity index (χ0) is 15.4. The molecule has 21 heavy (non-hydrogen) atoms. The van der Waals surface area contributed by atoms with Crippen molar-refractivity contribution in [2.24, 2.45) is 0 Å². The molecule has 5 N–H and O–H groups in total. The molecule has 0 atom stereocenters. The molecule has 2 rings (SSSR count). The van der Waals surface area contributed by atoms with Gasteiger partial charge in [-0.1, -0.05) is 6.58 Å². The highest BCUT2D eigenvalue weighted by Crippen LogP contribution is 2.26. The third-order valence-electron chi connectivity index (χ3n) is 2.40. The van der Waals surface area contributed by atoms with E-state index in [0.717, 1.165) is 12.3 Å². The van der Waals surface area contributed by atoms with E-state index < -0.39 is 11.7 Å². The highest BCUT2D eigenvalue weighted by atomic mass is 19.1. The maximum atomic E-state index is 13.5. The zero-order valence-corrected chi connectivity index (χ0v) is 10.8. The van der Waals surface area contributed by atoms with Gasteiger partial charge < -0.3 is 21.5 Å². The number of hydrogen-bond acceptors (Lipinski definition) is 6. The van der Waals surface area contributed by atoms with E-state index in [2.05, 4.69) is 27.2 Å². The lowest BCUT2D eigenvalue weighted by Gasteiger charge is -2.10. The maximum absolute atomic E-state index is 13.5. The number of amides is 1. The lowest BCUT2D eigenvalue weighted by Crippen LogP contribution is -2.07. The monoisotopic (exact) mass is 289 g/mol. The standard InChI is InChI=1S/C13H12FN5O2/c1-2-11(21)17-7-3-8(5-9(20)4-7)18-12-10(14)6-16-13(15)19-12/h2-6,20H,1H2,(H,17,21)(H3,15,16,18,19). The van der Waals surface area contributed by atoms with Crippen LogP contribution < -0.4 is 16.4 Å². The van der Waals surface area contributed by atoms with Crippen LogP contribution in [0.25, 0.3) is 0 Å². The molecule has 8 heteroatoms. The Morgan fingerprint density at radius 3 is 2.81 bits per heavy atom. The van der Waals surface area contributed by atoms with Gasteiger partial charge in [-0.25, -0.2) is 9.37 Å². The number of halogens is 1. The summed E-state index contributed by atoms with van der Waals surface area (Å²) in [4.78, 5) is 18.4. The normalized spacial score (nSPS) is 9.95. The number of phenols is 1. The fourth-order valence-electron chi connectivity index (χ4n) is 1.55. The molecule has 1 amide bonds. The molecule has 1 aromatic carbocycles. The predicted molar refractivity (Wildman–Crippen MR) is 76.6 cm³/mol. The summed E-state index contributed by atoms with van der Waals surface area (Å²) >= 11 is 0. The maximum Gasteiger partial charge on any atom is 0.247 e. The molecule has 1 heterocycles. The van der Waals surface area contributed by atoms with Gasteiger partial charge in [-0.15, -0.1) is 0 Å². The number of carbonyl (C=O) groups is 1. The Morgan fingerprint density at radius 2 is 2.10 bits per heavy atom. The Kier molecular flexibility index (Phi) is 3.98. The zero-order valence-electron chi connectivity index (χ0n) is 10.8. The van der Waals surface area contributed by atoms with Crippen molar-refractivity contribution in [1.29, 1.82) is 0 Å². The first-order valence-corrected chi connectivity index (χ1v) is 5.80. The Morgan fingerprint density at radius 1 is 1.38 bits per heavy atom. The van der Waals surface area contributed by atoms with Crippen LogP contribution in [0.2, 0.25) is 0 Å². The van der Waals surface area contributed by atoms with Crippen LogP contribution >= 0.6 is 0 Å². The van der Waals surface area contributed by atoms with Gasteiger partial charge >= 0.3 is 0 Å². The quantitative estimate of drug-likeness (QED) is 0.638. The summed E-state index contributed by atoms with van der Waals surface area (Å²) in [7, 11) is 0. The fourth-order valence-corrected chi connectivity index (χ4v) is 1.55. The summed E-state index contributed by atoms with van der Waals surface area (Å²) in [5.74, 6) is -1.51. The number of rotatable bonds is 4. The summed E-state index contributed by atoms with van der Waals surface area (Å²) in [5.41, 5.74) is 6.00. The number of nitrogens with one attached hydrogen (secondary N) is 2.